The zero-order chi connectivity index (χ0) is 37.3. The van der Waals surface area contributed by atoms with Gasteiger partial charge in [0.15, 0.2) is 8.15 Å². The van der Waals surface area contributed by atoms with Gasteiger partial charge in [-0.3, -0.25) is 0 Å². The fourth-order valence-corrected chi connectivity index (χ4v) is 7.56. The highest BCUT2D eigenvalue weighted by Crippen LogP contribution is 2.51. The minimum absolute atomic E-state index is 0.489. The molecular formula is C45H50O4P2. The number of terminal acetylenes is 1. The van der Waals surface area contributed by atoms with Crippen LogP contribution in [0.5, 0.6) is 11.5 Å². The number of allylic oxidation sites excluding steroid dienone is 4. The van der Waals surface area contributed by atoms with Crippen molar-refractivity contribution in [1.29, 1.82) is 0 Å². The molecule has 0 aliphatic carbocycles. The Bertz CT molecular complexity index is 1890. The van der Waals surface area contributed by atoms with Gasteiger partial charge in [0.25, 0.3) is 0 Å². The summed E-state index contributed by atoms with van der Waals surface area (Å²) in [7, 11) is -3.74. The van der Waals surface area contributed by atoms with Gasteiger partial charge < -0.3 is 18.8 Å². The van der Waals surface area contributed by atoms with Crippen LogP contribution < -0.4 is 19.7 Å². The molecule has 51 heavy (non-hydrogen) atoms. The molecule has 0 fully saturated rings. The van der Waals surface area contributed by atoms with Gasteiger partial charge in [-0.05, 0) is 94.3 Å². The summed E-state index contributed by atoms with van der Waals surface area (Å²) in [4.78, 5) is 19.7. The smallest absolute Gasteiger partial charge is 0.391 e. The van der Waals surface area contributed by atoms with Gasteiger partial charge in [0.05, 0.1) is 0 Å². The maximum Gasteiger partial charge on any atom is 0.391 e. The first-order chi connectivity index (χ1) is 24.5. The highest BCUT2D eigenvalue weighted by Gasteiger charge is 2.27. The van der Waals surface area contributed by atoms with Gasteiger partial charge in [-0.25, -0.2) is 0 Å². The van der Waals surface area contributed by atoms with Crippen LogP contribution in [0.15, 0.2) is 127 Å². The van der Waals surface area contributed by atoms with E-state index in [2.05, 4.69) is 89.1 Å². The topological polar surface area (TPSA) is 58.9 Å². The monoisotopic (exact) mass is 716 g/mol. The fourth-order valence-electron chi connectivity index (χ4n) is 5.37. The van der Waals surface area contributed by atoms with Crippen LogP contribution in [0.1, 0.15) is 52.3 Å². The summed E-state index contributed by atoms with van der Waals surface area (Å²) in [5.74, 6) is 3.68. The molecule has 6 heteroatoms. The van der Waals surface area contributed by atoms with Crippen LogP contribution in [0.25, 0.3) is 11.1 Å². The van der Waals surface area contributed by atoms with E-state index in [0.717, 1.165) is 67.3 Å². The second kappa shape index (κ2) is 21.0. The first-order valence-corrected chi connectivity index (χ1v) is 19.4. The molecule has 0 bridgehead atoms. The molecule has 0 atom stereocenters. The molecule has 0 saturated heterocycles. The van der Waals surface area contributed by atoms with Crippen molar-refractivity contribution in [2.75, 3.05) is 0 Å². The summed E-state index contributed by atoms with van der Waals surface area (Å²) in [5, 5.41) is 2.23. The molecule has 0 heterocycles. The Morgan fingerprint density at radius 3 is 1.41 bits per heavy atom. The molecule has 0 aliphatic heterocycles. The van der Waals surface area contributed by atoms with Crippen LogP contribution >= 0.6 is 16.8 Å². The van der Waals surface area contributed by atoms with Crippen LogP contribution in [-0.2, 0) is 0 Å². The van der Waals surface area contributed by atoms with Gasteiger partial charge in [-0.2, -0.15) is 0 Å². The average molecular weight is 717 g/mol. The van der Waals surface area contributed by atoms with Crippen molar-refractivity contribution < 1.29 is 18.8 Å². The number of rotatable bonds is 9. The van der Waals surface area contributed by atoms with Gasteiger partial charge in [0.2, 0.25) is 0 Å². The quantitative estimate of drug-likeness (QED) is 0.0906. The van der Waals surface area contributed by atoms with Crippen molar-refractivity contribution in [3.63, 3.8) is 0 Å². The van der Waals surface area contributed by atoms with Crippen LogP contribution in [0, 0.1) is 60.8 Å². The maximum atomic E-state index is 9.83. The summed E-state index contributed by atoms with van der Waals surface area (Å²) >= 11 is 0. The lowest BCUT2D eigenvalue weighted by Gasteiger charge is -2.27. The van der Waals surface area contributed by atoms with Gasteiger partial charge in [0, 0.05) is 21.7 Å². The maximum absolute atomic E-state index is 9.83. The number of hydrogen-bond donors (Lipinski definition) is 2. The third-order valence-corrected chi connectivity index (χ3v) is 10.4. The third-order valence-electron chi connectivity index (χ3n) is 8.18. The fraction of sp³-hybridized carbons (Fsp3) is 0.200. The number of hydrogen-bond acceptors (Lipinski definition) is 4. The highest BCUT2D eigenvalue weighted by molar-refractivity contribution is 7.68. The summed E-state index contributed by atoms with van der Waals surface area (Å²) in [6.07, 6.45) is 13.5. The van der Waals surface area contributed by atoms with Gasteiger partial charge in [-0.15, -0.1) is 6.42 Å². The Kier molecular flexibility index (Phi) is 16.9. The van der Waals surface area contributed by atoms with Gasteiger partial charge >= 0.3 is 8.60 Å². The van der Waals surface area contributed by atoms with Crippen LogP contribution in [0.2, 0.25) is 0 Å². The molecule has 4 nitrogen and oxygen atoms in total. The first-order valence-electron chi connectivity index (χ1n) is 17.0. The SMILES string of the molecule is C#C/C=C\C=C/CC.Cc1cc(C)c(-c2c(C)cc(C)c(C)c2OP(c2ccccc2)c2ccccc2)c(OP(O)O)c1C.Cc1ccccc1. The van der Waals surface area contributed by atoms with Crippen LogP contribution in [-0.4, -0.2) is 9.79 Å². The van der Waals surface area contributed by atoms with E-state index < -0.39 is 16.8 Å². The van der Waals surface area contributed by atoms with E-state index in [4.69, 9.17) is 15.5 Å². The van der Waals surface area contributed by atoms with Crippen molar-refractivity contribution in [3.05, 3.63) is 166 Å². The van der Waals surface area contributed by atoms with E-state index in [1.165, 1.54) is 5.56 Å². The number of benzene rings is 5. The predicted molar refractivity (Wildman–Crippen MR) is 221 cm³/mol. The summed E-state index contributed by atoms with van der Waals surface area (Å²) in [6.45, 7) is 16.4. The first kappa shape index (κ1) is 40.9. The van der Waals surface area contributed by atoms with E-state index in [9.17, 15) is 9.79 Å². The Morgan fingerprint density at radius 1 is 0.608 bits per heavy atom. The molecule has 2 N–H and O–H groups in total. The molecule has 0 radical (unpaired) electrons. The zero-order valence-corrected chi connectivity index (χ0v) is 32.8. The highest BCUT2D eigenvalue weighted by atomic mass is 31.2. The lowest BCUT2D eigenvalue weighted by Crippen LogP contribution is -2.16. The average Bonchev–Trinajstić information content (AvgIpc) is 3.12. The summed E-state index contributed by atoms with van der Waals surface area (Å²) in [6, 6.07) is 35.1. The Hall–Kier alpha value is -4.48. The molecule has 5 aromatic rings. The molecule has 0 spiro atoms. The minimum atomic E-state index is -2.58. The van der Waals surface area contributed by atoms with E-state index in [1.54, 1.807) is 6.08 Å². The van der Waals surface area contributed by atoms with Crippen LogP contribution in [0.3, 0.4) is 0 Å². The van der Waals surface area contributed by atoms with Gasteiger partial charge in [0.1, 0.15) is 11.5 Å². The Morgan fingerprint density at radius 2 is 1.04 bits per heavy atom. The van der Waals surface area contributed by atoms with E-state index in [0.29, 0.717) is 5.75 Å². The minimum Gasteiger partial charge on any atom is -0.464 e. The molecule has 5 rings (SSSR count). The Balaban J connectivity index is 0.000000387. The standard InChI is InChI=1S/C30H32O4P2.C8H10.C7H8/c1-19-17-21(3)27(28-22(4)18-20(2)24(6)30(28)34-36(31)32)29(23(19)5)33-35(25-13-9-7-10-14-25)26-15-11-8-12-16-26;1-3-5-7-8-6-4-2;1-7-5-3-2-4-6-7/h7-18,31-32H,1-6H3;1,5-8H,4H2,2H3;2-6H,1H3/b;7-5-,8-6-;. The van der Waals surface area contributed by atoms with E-state index >= 15 is 0 Å². The van der Waals surface area contributed by atoms with Crippen molar-refractivity contribution in [2.24, 2.45) is 0 Å². The van der Waals surface area contributed by atoms with Gasteiger partial charge in [-0.1, -0.05) is 140 Å². The molecule has 264 valence electrons. The second-order valence-corrected chi connectivity index (χ2v) is 14.6. The van der Waals surface area contributed by atoms with Crippen molar-refractivity contribution in [3.8, 4) is 35.0 Å². The molecular weight excluding hydrogens is 666 g/mol. The summed E-state index contributed by atoms with van der Waals surface area (Å²) in [5.41, 5.74) is 9.20. The summed E-state index contributed by atoms with van der Waals surface area (Å²) < 4.78 is 12.7. The molecule has 0 amide bonds. The third kappa shape index (κ3) is 12.1. The molecule has 0 aromatic heterocycles. The Labute approximate surface area is 308 Å². The molecule has 5 aromatic carbocycles. The van der Waals surface area contributed by atoms with E-state index in [1.807, 2.05) is 93.6 Å². The lowest BCUT2D eigenvalue weighted by molar-refractivity contribution is 0.374. The predicted octanol–water partition coefficient (Wildman–Crippen LogP) is 11.4. The zero-order valence-electron chi connectivity index (χ0n) is 31.0. The largest absolute Gasteiger partial charge is 0.464 e. The lowest BCUT2D eigenvalue weighted by atomic mass is 9.88. The number of aryl methyl sites for hydroxylation is 5. The van der Waals surface area contributed by atoms with E-state index in [-0.39, 0.29) is 0 Å². The van der Waals surface area contributed by atoms with Crippen molar-refractivity contribution in [2.45, 2.75) is 61.8 Å². The van der Waals surface area contributed by atoms with Crippen molar-refractivity contribution in [1.82, 2.24) is 0 Å². The van der Waals surface area contributed by atoms with Crippen molar-refractivity contribution >= 4 is 27.4 Å². The normalized spacial score (nSPS) is 10.8. The molecule has 0 aliphatic rings. The van der Waals surface area contributed by atoms with Crippen LogP contribution in [0.4, 0.5) is 0 Å². The molecule has 0 saturated carbocycles. The molecule has 0 unspecified atom stereocenters. The second-order valence-electron chi connectivity index (χ2n) is 12.1.